The van der Waals surface area contributed by atoms with Gasteiger partial charge in [0.2, 0.25) is 0 Å². The van der Waals surface area contributed by atoms with Gasteiger partial charge in [0.1, 0.15) is 0 Å². The van der Waals surface area contributed by atoms with Crippen LogP contribution in [0.15, 0.2) is 267 Å². The SMILES string of the molecule is c1ccc(-c2ccc(N(c3ccc(-c4ccc(-c5ccc6c7c8ccc9cccc%10ccc(cc7n(-c7ccc(-c%11ccccc%11)cc7)c6c5)c8c%109)cc4)cc3)c3ccc4ccccc4c3)cc2)cc1. The van der Waals surface area contributed by atoms with E-state index in [0.717, 1.165) is 22.7 Å². The standard InChI is InChI=1S/C68H44N2/c1-3-10-45(11-4-1)49-24-33-58(34-25-49)69(61-39-30-47-14-7-8-15-55(47)42-61)59-35-26-51(27-36-59)48-18-20-52(21-19-48)56-32-40-62-64(43-56)70(60-37-28-50(29-38-60)46-12-5-2-6-13-46)65-44-57-23-22-53-16-9-17-54-31-41-63(68(62)65)67(57)66(53)54/h1-44H. The molecule has 0 amide bonds. The van der Waals surface area contributed by atoms with Gasteiger partial charge in [-0.25, -0.2) is 0 Å². The summed E-state index contributed by atoms with van der Waals surface area (Å²) in [5.41, 5.74) is 16.4. The summed E-state index contributed by atoms with van der Waals surface area (Å²) in [4.78, 5) is 2.36. The van der Waals surface area contributed by atoms with E-state index in [2.05, 4.69) is 276 Å². The molecule has 0 unspecified atom stereocenters. The van der Waals surface area contributed by atoms with Gasteiger partial charge in [0.05, 0.1) is 11.0 Å². The molecule has 0 fully saturated rings. The molecular weight excluding hydrogens is 845 g/mol. The molecule has 70 heavy (non-hydrogen) atoms. The van der Waals surface area contributed by atoms with Crippen LogP contribution in [0.1, 0.15) is 0 Å². The molecule has 0 atom stereocenters. The summed E-state index contributed by atoms with van der Waals surface area (Å²) in [6.07, 6.45) is 0. The quantitative estimate of drug-likeness (QED) is 0.138. The van der Waals surface area contributed by atoms with Crippen LogP contribution < -0.4 is 4.90 Å². The van der Waals surface area contributed by atoms with E-state index in [1.165, 1.54) is 109 Å². The monoisotopic (exact) mass is 888 g/mol. The van der Waals surface area contributed by atoms with Gasteiger partial charge in [-0.2, -0.15) is 0 Å². The molecule has 0 aliphatic carbocycles. The van der Waals surface area contributed by atoms with E-state index < -0.39 is 0 Å². The molecule has 2 nitrogen and oxygen atoms in total. The topological polar surface area (TPSA) is 8.17 Å². The maximum atomic E-state index is 2.48. The minimum Gasteiger partial charge on any atom is -0.310 e. The Morgan fingerprint density at radius 1 is 0.229 bits per heavy atom. The maximum absolute atomic E-state index is 2.48. The third-order valence-corrected chi connectivity index (χ3v) is 14.5. The molecule has 2 heteroatoms. The Bertz CT molecular complexity index is 4210. The molecule has 14 rings (SSSR count). The van der Waals surface area contributed by atoms with Crippen molar-refractivity contribution in [1.29, 1.82) is 0 Å². The van der Waals surface area contributed by atoms with Crippen LogP contribution in [0.4, 0.5) is 17.1 Å². The Morgan fingerprint density at radius 2 is 0.671 bits per heavy atom. The van der Waals surface area contributed by atoms with Crippen LogP contribution in [0, 0.1) is 0 Å². The smallest absolute Gasteiger partial charge is 0.0553 e. The van der Waals surface area contributed by atoms with Crippen molar-refractivity contribution in [2.75, 3.05) is 4.90 Å². The average molecular weight is 889 g/mol. The molecule has 1 aromatic heterocycles. The predicted octanol–water partition coefficient (Wildman–Crippen LogP) is 19.0. The number of hydrogen-bond donors (Lipinski definition) is 0. The summed E-state index contributed by atoms with van der Waals surface area (Å²) in [5.74, 6) is 0. The van der Waals surface area contributed by atoms with Crippen LogP contribution in [0.5, 0.6) is 0 Å². The first-order valence-corrected chi connectivity index (χ1v) is 24.1. The van der Waals surface area contributed by atoms with Crippen molar-refractivity contribution < 1.29 is 0 Å². The molecule has 0 saturated carbocycles. The molecule has 0 radical (unpaired) electrons. The molecule has 326 valence electrons. The van der Waals surface area contributed by atoms with Gasteiger partial charge < -0.3 is 9.47 Å². The van der Waals surface area contributed by atoms with E-state index in [0.29, 0.717) is 0 Å². The lowest BCUT2D eigenvalue weighted by Gasteiger charge is -2.26. The Kier molecular flexibility index (Phi) is 9.25. The molecular formula is C68H44N2. The molecule has 0 N–H and O–H groups in total. The van der Waals surface area contributed by atoms with E-state index >= 15 is 0 Å². The molecule has 0 spiro atoms. The van der Waals surface area contributed by atoms with Crippen LogP contribution in [0.25, 0.3) is 115 Å². The Morgan fingerprint density at radius 3 is 1.30 bits per heavy atom. The second-order valence-corrected chi connectivity index (χ2v) is 18.5. The predicted molar refractivity (Wildman–Crippen MR) is 298 cm³/mol. The van der Waals surface area contributed by atoms with Crippen LogP contribution in [0.3, 0.4) is 0 Å². The van der Waals surface area contributed by atoms with Crippen molar-refractivity contribution >= 4 is 82.0 Å². The largest absolute Gasteiger partial charge is 0.310 e. The number of aromatic nitrogens is 1. The van der Waals surface area contributed by atoms with E-state index in [4.69, 9.17) is 0 Å². The molecule has 0 saturated heterocycles. The number of rotatable bonds is 8. The summed E-state index contributed by atoms with van der Waals surface area (Å²) in [5, 5.41) is 12.8. The number of benzene rings is 13. The average Bonchev–Trinajstić information content (AvgIpc) is 3.76. The highest BCUT2D eigenvalue weighted by Crippen LogP contribution is 2.45. The first-order valence-electron chi connectivity index (χ1n) is 24.1. The number of anilines is 3. The lowest BCUT2D eigenvalue weighted by molar-refractivity contribution is 1.18. The summed E-state index contributed by atoms with van der Waals surface area (Å²) in [6.45, 7) is 0. The third-order valence-electron chi connectivity index (χ3n) is 14.5. The second kappa shape index (κ2) is 16.2. The van der Waals surface area contributed by atoms with Crippen LogP contribution in [0.2, 0.25) is 0 Å². The summed E-state index contributed by atoms with van der Waals surface area (Å²) >= 11 is 0. The molecule has 1 heterocycles. The maximum Gasteiger partial charge on any atom is 0.0553 e. The molecule has 13 aromatic carbocycles. The fourth-order valence-corrected chi connectivity index (χ4v) is 11.1. The highest BCUT2D eigenvalue weighted by molar-refractivity contribution is 6.33. The van der Waals surface area contributed by atoms with E-state index in [-0.39, 0.29) is 0 Å². The summed E-state index contributed by atoms with van der Waals surface area (Å²) in [7, 11) is 0. The summed E-state index contributed by atoms with van der Waals surface area (Å²) < 4.78 is 2.48. The van der Waals surface area contributed by atoms with Crippen molar-refractivity contribution in [3.8, 4) is 50.2 Å². The molecule has 0 aliphatic heterocycles. The van der Waals surface area contributed by atoms with Gasteiger partial charge in [0.15, 0.2) is 0 Å². The third kappa shape index (κ3) is 6.64. The Hall–Kier alpha value is -9.24. The Labute approximate surface area is 406 Å². The zero-order valence-corrected chi connectivity index (χ0v) is 38.3. The van der Waals surface area contributed by atoms with Crippen molar-refractivity contribution in [3.05, 3.63) is 267 Å². The van der Waals surface area contributed by atoms with Gasteiger partial charge in [0, 0.05) is 33.5 Å². The zero-order chi connectivity index (χ0) is 46.1. The molecule has 14 aromatic rings. The lowest BCUT2D eigenvalue weighted by Crippen LogP contribution is -2.09. The van der Waals surface area contributed by atoms with Crippen molar-refractivity contribution in [2.24, 2.45) is 0 Å². The zero-order valence-electron chi connectivity index (χ0n) is 38.3. The van der Waals surface area contributed by atoms with Crippen molar-refractivity contribution in [1.82, 2.24) is 4.57 Å². The van der Waals surface area contributed by atoms with Gasteiger partial charge >= 0.3 is 0 Å². The van der Waals surface area contributed by atoms with E-state index in [1.54, 1.807) is 0 Å². The van der Waals surface area contributed by atoms with Crippen LogP contribution in [-0.2, 0) is 0 Å². The normalized spacial score (nSPS) is 11.7. The second-order valence-electron chi connectivity index (χ2n) is 18.5. The molecule has 0 bridgehead atoms. The number of nitrogens with zero attached hydrogens (tertiary/aromatic N) is 2. The van der Waals surface area contributed by atoms with Gasteiger partial charge in [-0.3, -0.25) is 0 Å². The molecule has 0 aliphatic rings. The van der Waals surface area contributed by atoms with E-state index in [9.17, 15) is 0 Å². The highest BCUT2D eigenvalue weighted by Gasteiger charge is 2.20. The fraction of sp³-hybridized carbons (Fsp3) is 0. The number of hydrogen-bond acceptors (Lipinski definition) is 1. The van der Waals surface area contributed by atoms with Gasteiger partial charge in [-0.05, 0) is 148 Å². The highest BCUT2D eigenvalue weighted by atomic mass is 15.1. The lowest BCUT2D eigenvalue weighted by atomic mass is 9.92. The first kappa shape index (κ1) is 39.9. The van der Waals surface area contributed by atoms with Gasteiger partial charge in [-0.15, -0.1) is 0 Å². The van der Waals surface area contributed by atoms with Crippen LogP contribution >= 0.6 is 0 Å². The van der Waals surface area contributed by atoms with Gasteiger partial charge in [0.25, 0.3) is 0 Å². The minimum atomic E-state index is 1.10. The van der Waals surface area contributed by atoms with Gasteiger partial charge in [-0.1, -0.05) is 206 Å². The first-order chi connectivity index (χ1) is 34.7. The Balaban J connectivity index is 0.841. The van der Waals surface area contributed by atoms with Crippen molar-refractivity contribution in [2.45, 2.75) is 0 Å². The van der Waals surface area contributed by atoms with Crippen LogP contribution in [-0.4, -0.2) is 4.57 Å². The van der Waals surface area contributed by atoms with E-state index in [1.807, 2.05) is 0 Å². The van der Waals surface area contributed by atoms with Crippen molar-refractivity contribution in [3.63, 3.8) is 0 Å². The minimum absolute atomic E-state index is 1.10. The summed E-state index contributed by atoms with van der Waals surface area (Å²) in [6, 6.07) is 97.9. The fourth-order valence-electron chi connectivity index (χ4n) is 11.1. The number of fused-ring (bicyclic) bond motifs is 5.